The SMILES string of the molecule is CCC12CCCN3CCc4c(n(c5ccccc45)C(O)(CO)C1)C32. The lowest BCUT2D eigenvalue weighted by Crippen LogP contribution is -2.58. The van der Waals surface area contributed by atoms with Crippen molar-refractivity contribution in [3.05, 3.63) is 35.5 Å². The molecule has 2 N–H and O–H groups in total. The van der Waals surface area contributed by atoms with Gasteiger partial charge in [0.1, 0.15) is 0 Å². The summed E-state index contributed by atoms with van der Waals surface area (Å²) in [6, 6.07) is 8.79. The molecule has 0 spiro atoms. The second-order valence-electron chi connectivity index (χ2n) is 8.04. The van der Waals surface area contributed by atoms with E-state index in [0.29, 0.717) is 12.5 Å². The Morgan fingerprint density at radius 1 is 1.25 bits per heavy atom. The van der Waals surface area contributed by atoms with Crippen LogP contribution in [0.1, 0.15) is 49.9 Å². The molecule has 3 aliphatic heterocycles. The number of nitrogens with zero attached hydrogens (tertiary/aromatic N) is 2. The fourth-order valence-corrected chi connectivity index (χ4v) is 6.02. The number of benzene rings is 1. The van der Waals surface area contributed by atoms with Crippen molar-refractivity contribution in [2.45, 2.75) is 50.8 Å². The standard InChI is InChI=1S/C20H26N2O2/c1-2-19-9-5-10-21-11-8-15-14-6-3-4-7-16(14)22(17(15)18(19)21)20(24,12-19)13-23/h3-4,6-7,18,23-24H,2,5,8-13H2,1H3. The van der Waals surface area contributed by atoms with Crippen LogP contribution in [0.25, 0.3) is 10.9 Å². The summed E-state index contributed by atoms with van der Waals surface area (Å²) in [6.45, 7) is 4.32. The van der Waals surface area contributed by atoms with E-state index in [4.69, 9.17) is 0 Å². The highest BCUT2D eigenvalue weighted by atomic mass is 16.3. The van der Waals surface area contributed by atoms with Crippen LogP contribution < -0.4 is 0 Å². The summed E-state index contributed by atoms with van der Waals surface area (Å²) < 4.78 is 2.09. The van der Waals surface area contributed by atoms with Crippen LogP contribution in [0, 0.1) is 5.41 Å². The Labute approximate surface area is 142 Å². The summed E-state index contributed by atoms with van der Waals surface area (Å²) in [5.41, 5.74) is 2.66. The third-order valence-corrected chi connectivity index (χ3v) is 7.00. The second kappa shape index (κ2) is 4.84. The van der Waals surface area contributed by atoms with Gasteiger partial charge in [-0.2, -0.15) is 0 Å². The Morgan fingerprint density at radius 2 is 2.08 bits per heavy atom. The monoisotopic (exact) mass is 326 g/mol. The molecular weight excluding hydrogens is 300 g/mol. The van der Waals surface area contributed by atoms with E-state index in [1.807, 2.05) is 6.07 Å². The minimum absolute atomic E-state index is 0.0786. The van der Waals surface area contributed by atoms with Gasteiger partial charge in [0.15, 0.2) is 5.72 Å². The number of para-hydroxylation sites is 1. The van der Waals surface area contributed by atoms with Crippen molar-refractivity contribution in [3.63, 3.8) is 0 Å². The molecule has 1 fully saturated rings. The number of aliphatic hydroxyl groups excluding tert-OH is 1. The highest BCUT2D eigenvalue weighted by Crippen LogP contribution is 2.60. The second-order valence-corrected chi connectivity index (χ2v) is 8.04. The quantitative estimate of drug-likeness (QED) is 0.892. The molecule has 4 heteroatoms. The summed E-state index contributed by atoms with van der Waals surface area (Å²) in [4.78, 5) is 2.64. The summed E-state index contributed by atoms with van der Waals surface area (Å²) in [5.74, 6) is 0. The van der Waals surface area contributed by atoms with Crippen LogP contribution in [-0.4, -0.2) is 39.4 Å². The van der Waals surface area contributed by atoms with Gasteiger partial charge >= 0.3 is 0 Å². The number of aromatic nitrogens is 1. The molecule has 0 amide bonds. The minimum atomic E-state index is -1.18. The molecule has 3 aliphatic rings. The van der Waals surface area contributed by atoms with Gasteiger partial charge in [-0.25, -0.2) is 0 Å². The molecule has 1 aromatic carbocycles. The average molecular weight is 326 g/mol. The fraction of sp³-hybridized carbons (Fsp3) is 0.600. The van der Waals surface area contributed by atoms with E-state index in [0.717, 1.165) is 37.9 Å². The molecule has 1 saturated heterocycles. The van der Waals surface area contributed by atoms with Gasteiger partial charge in [-0.3, -0.25) is 4.90 Å². The van der Waals surface area contributed by atoms with Crippen molar-refractivity contribution in [2.24, 2.45) is 5.41 Å². The highest BCUT2D eigenvalue weighted by Gasteiger charge is 2.57. The molecule has 4 nitrogen and oxygen atoms in total. The van der Waals surface area contributed by atoms with Crippen molar-refractivity contribution in [1.29, 1.82) is 0 Å². The van der Waals surface area contributed by atoms with Crippen LogP contribution in [0.3, 0.4) is 0 Å². The van der Waals surface area contributed by atoms with Crippen LogP contribution in [0.2, 0.25) is 0 Å². The van der Waals surface area contributed by atoms with Gasteiger partial charge in [0.2, 0.25) is 0 Å². The Morgan fingerprint density at radius 3 is 2.88 bits per heavy atom. The molecule has 0 bridgehead atoms. The van der Waals surface area contributed by atoms with Crippen LogP contribution in [0.4, 0.5) is 0 Å². The summed E-state index contributed by atoms with van der Waals surface area (Å²) >= 11 is 0. The molecule has 0 aliphatic carbocycles. The Kier molecular flexibility index (Phi) is 3.01. The molecular formula is C20H26N2O2. The zero-order valence-electron chi connectivity index (χ0n) is 14.3. The summed E-state index contributed by atoms with van der Waals surface area (Å²) in [6.07, 6.45) is 5.09. The predicted molar refractivity (Wildman–Crippen MR) is 93.8 cm³/mol. The van der Waals surface area contributed by atoms with Crippen molar-refractivity contribution in [2.75, 3.05) is 19.7 Å². The maximum absolute atomic E-state index is 11.5. The van der Waals surface area contributed by atoms with Crippen LogP contribution in [-0.2, 0) is 12.1 Å². The third-order valence-electron chi connectivity index (χ3n) is 7.00. The number of fused-ring (bicyclic) bond motifs is 3. The lowest BCUT2D eigenvalue weighted by atomic mass is 9.62. The first kappa shape index (κ1) is 14.9. The largest absolute Gasteiger partial charge is 0.391 e. The van der Waals surface area contributed by atoms with E-state index in [-0.39, 0.29) is 12.0 Å². The summed E-state index contributed by atoms with van der Waals surface area (Å²) in [7, 11) is 0. The van der Waals surface area contributed by atoms with Crippen molar-refractivity contribution in [3.8, 4) is 0 Å². The first-order valence-corrected chi connectivity index (χ1v) is 9.33. The van der Waals surface area contributed by atoms with Gasteiger partial charge in [-0.15, -0.1) is 0 Å². The molecule has 2 aromatic rings. The smallest absolute Gasteiger partial charge is 0.165 e. The van der Waals surface area contributed by atoms with Crippen molar-refractivity contribution >= 4 is 10.9 Å². The van der Waals surface area contributed by atoms with Crippen LogP contribution >= 0.6 is 0 Å². The predicted octanol–water partition coefficient (Wildman–Crippen LogP) is 2.77. The maximum Gasteiger partial charge on any atom is 0.165 e. The normalized spacial score (nSPS) is 35.2. The van der Waals surface area contributed by atoms with Gasteiger partial charge < -0.3 is 14.8 Å². The van der Waals surface area contributed by atoms with Gasteiger partial charge in [0.05, 0.1) is 18.2 Å². The van der Waals surface area contributed by atoms with Gasteiger partial charge in [-0.05, 0) is 49.3 Å². The Hall–Kier alpha value is -1.36. The zero-order chi connectivity index (χ0) is 16.5. The van der Waals surface area contributed by atoms with Gasteiger partial charge in [-0.1, -0.05) is 25.1 Å². The average Bonchev–Trinajstić information content (AvgIpc) is 2.97. The molecule has 0 radical (unpaired) electrons. The lowest BCUT2D eigenvalue weighted by molar-refractivity contribution is -0.164. The zero-order valence-corrected chi connectivity index (χ0v) is 14.3. The minimum Gasteiger partial charge on any atom is -0.391 e. The van der Waals surface area contributed by atoms with E-state index >= 15 is 0 Å². The molecule has 1 aromatic heterocycles. The number of hydrogen-bond donors (Lipinski definition) is 2. The lowest BCUT2D eigenvalue weighted by Gasteiger charge is -2.58. The summed E-state index contributed by atoms with van der Waals surface area (Å²) in [5, 5.41) is 22.9. The Bertz CT molecular complexity index is 813. The molecule has 0 saturated carbocycles. The van der Waals surface area contributed by atoms with Crippen molar-refractivity contribution in [1.82, 2.24) is 9.47 Å². The Balaban J connectivity index is 1.89. The van der Waals surface area contributed by atoms with E-state index in [9.17, 15) is 10.2 Å². The first-order chi connectivity index (χ1) is 11.6. The molecule has 5 rings (SSSR count). The van der Waals surface area contributed by atoms with E-state index < -0.39 is 5.72 Å². The number of hydrogen-bond acceptors (Lipinski definition) is 3. The maximum atomic E-state index is 11.5. The van der Waals surface area contributed by atoms with Crippen LogP contribution in [0.15, 0.2) is 24.3 Å². The van der Waals surface area contributed by atoms with Crippen LogP contribution in [0.5, 0.6) is 0 Å². The van der Waals surface area contributed by atoms with Gasteiger partial charge in [0, 0.05) is 24.0 Å². The topological polar surface area (TPSA) is 48.6 Å². The number of piperidine rings is 1. The number of rotatable bonds is 2. The first-order valence-electron chi connectivity index (χ1n) is 9.33. The number of aliphatic hydroxyl groups is 2. The molecule has 3 atom stereocenters. The fourth-order valence-electron chi connectivity index (χ4n) is 6.02. The van der Waals surface area contributed by atoms with Gasteiger partial charge in [0.25, 0.3) is 0 Å². The molecule has 4 heterocycles. The van der Waals surface area contributed by atoms with E-state index in [1.165, 1.54) is 23.1 Å². The third kappa shape index (κ3) is 1.64. The molecule has 24 heavy (non-hydrogen) atoms. The van der Waals surface area contributed by atoms with E-state index in [1.54, 1.807) is 0 Å². The highest BCUT2D eigenvalue weighted by molar-refractivity contribution is 5.86. The van der Waals surface area contributed by atoms with E-state index in [2.05, 4.69) is 34.6 Å². The molecule has 128 valence electrons. The van der Waals surface area contributed by atoms with Crippen molar-refractivity contribution < 1.29 is 10.2 Å². The molecule has 3 unspecified atom stereocenters.